The third kappa shape index (κ3) is 2.63. The van der Waals surface area contributed by atoms with E-state index in [1.165, 1.54) is 0 Å². The Hall–Kier alpha value is -0.730. The molecule has 0 aromatic heterocycles. The highest BCUT2D eigenvalue weighted by atomic mass is 35.5. The van der Waals surface area contributed by atoms with Crippen LogP contribution in [-0.2, 0) is 0 Å². The summed E-state index contributed by atoms with van der Waals surface area (Å²) in [5, 5.41) is 9.62. The van der Waals surface area contributed by atoms with Gasteiger partial charge in [-0.2, -0.15) is 0 Å². The summed E-state index contributed by atoms with van der Waals surface area (Å²) in [7, 11) is 0. The normalized spacial score (nSPS) is 12.6. The third-order valence-electron chi connectivity index (χ3n) is 2.10. The minimum absolute atomic E-state index is 0.117. The summed E-state index contributed by atoms with van der Waals surface area (Å²) >= 11 is 5.94. The van der Waals surface area contributed by atoms with E-state index < -0.39 is 0 Å². The molecule has 0 aliphatic heterocycles. The number of hydrogen-bond acceptors (Lipinski definition) is 2. The van der Waals surface area contributed by atoms with Gasteiger partial charge in [-0.15, -0.1) is 0 Å². The maximum absolute atomic E-state index is 9.00. The highest BCUT2D eigenvalue weighted by Crippen LogP contribution is 2.28. The Bertz CT molecular complexity index is 299. The van der Waals surface area contributed by atoms with Gasteiger partial charge < -0.3 is 9.84 Å². The van der Waals surface area contributed by atoms with E-state index in [4.69, 9.17) is 21.4 Å². The van der Waals surface area contributed by atoms with Crippen LogP contribution in [0.3, 0.4) is 0 Å². The Morgan fingerprint density at radius 3 is 2.79 bits per heavy atom. The van der Waals surface area contributed by atoms with Crippen LogP contribution in [0.15, 0.2) is 18.2 Å². The van der Waals surface area contributed by atoms with E-state index >= 15 is 0 Å². The van der Waals surface area contributed by atoms with Crippen molar-refractivity contribution in [2.24, 2.45) is 0 Å². The Kier molecular flexibility index (Phi) is 4.23. The third-order valence-corrected chi connectivity index (χ3v) is 2.41. The fraction of sp³-hybridized carbons (Fsp3) is 0.455. The zero-order valence-electron chi connectivity index (χ0n) is 8.46. The number of aliphatic hydroxyl groups excluding tert-OH is 1. The van der Waals surface area contributed by atoms with Crippen molar-refractivity contribution in [3.63, 3.8) is 0 Å². The molecule has 1 unspecified atom stereocenters. The van der Waals surface area contributed by atoms with Crippen molar-refractivity contribution < 1.29 is 9.84 Å². The van der Waals surface area contributed by atoms with Crippen LogP contribution in [0.2, 0.25) is 5.02 Å². The first-order valence-corrected chi connectivity index (χ1v) is 5.10. The van der Waals surface area contributed by atoms with Gasteiger partial charge in [0.25, 0.3) is 0 Å². The molecule has 3 heteroatoms. The van der Waals surface area contributed by atoms with Crippen LogP contribution in [0, 0.1) is 0 Å². The van der Waals surface area contributed by atoms with Gasteiger partial charge in [0.15, 0.2) is 0 Å². The number of ether oxygens (including phenoxy) is 1. The van der Waals surface area contributed by atoms with E-state index in [1.54, 1.807) is 6.07 Å². The van der Waals surface area contributed by atoms with Crippen LogP contribution in [0.25, 0.3) is 0 Å². The van der Waals surface area contributed by atoms with Crippen LogP contribution in [0.4, 0.5) is 0 Å². The van der Waals surface area contributed by atoms with Crippen LogP contribution in [-0.4, -0.2) is 18.3 Å². The van der Waals surface area contributed by atoms with Gasteiger partial charge in [0, 0.05) is 12.5 Å². The van der Waals surface area contributed by atoms with Crippen molar-refractivity contribution in [2.45, 2.75) is 19.8 Å². The Labute approximate surface area is 89.5 Å². The molecule has 0 amide bonds. The Morgan fingerprint density at radius 2 is 2.21 bits per heavy atom. The lowest BCUT2D eigenvalue weighted by Crippen LogP contribution is -2.00. The van der Waals surface area contributed by atoms with Crippen molar-refractivity contribution in [3.8, 4) is 5.75 Å². The number of hydrogen-bond donors (Lipinski definition) is 1. The summed E-state index contributed by atoms with van der Waals surface area (Å²) in [6.07, 6.45) is 0. The Balaban J connectivity index is 2.93. The molecule has 1 aromatic rings. The molecule has 1 atom stereocenters. The molecule has 0 aliphatic carbocycles. The standard InChI is InChI=1S/C11H15ClO2/c1-3-14-11-6-9(8(2)7-13)4-5-10(11)12/h4-6,8,13H,3,7H2,1-2H3. The summed E-state index contributed by atoms with van der Waals surface area (Å²) in [4.78, 5) is 0. The topological polar surface area (TPSA) is 29.5 Å². The van der Waals surface area contributed by atoms with Crippen molar-refractivity contribution in [2.75, 3.05) is 13.2 Å². The predicted molar refractivity (Wildman–Crippen MR) is 58.1 cm³/mol. The van der Waals surface area contributed by atoms with E-state index in [-0.39, 0.29) is 12.5 Å². The summed E-state index contributed by atoms with van der Waals surface area (Å²) < 4.78 is 5.36. The molecule has 0 saturated carbocycles. The number of halogens is 1. The lowest BCUT2D eigenvalue weighted by molar-refractivity contribution is 0.272. The zero-order chi connectivity index (χ0) is 10.6. The van der Waals surface area contributed by atoms with E-state index in [0.29, 0.717) is 17.4 Å². The van der Waals surface area contributed by atoms with Crippen molar-refractivity contribution in [1.82, 2.24) is 0 Å². The molecule has 0 saturated heterocycles. The molecule has 0 bridgehead atoms. The largest absolute Gasteiger partial charge is 0.492 e. The monoisotopic (exact) mass is 214 g/mol. The quantitative estimate of drug-likeness (QED) is 0.835. The molecule has 1 rings (SSSR count). The molecule has 0 fully saturated rings. The molecular formula is C11H15ClO2. The second kappa shape index (κ2) is 5.23. The van der Waals surface area contributed by atoms with Gasteiger partial charge >= 0.3 is 0 Å². The van der Waals surface area contributed by atoms with Gasteiger partial charge in [-0.25, -0.2) is 0 Å². The maximum atomic E-state index is 9.00. The second-order valence-corrected chi connectivity index (χ2v) is 3.61. The molecule has 2 nitrogen and oxygen atoms in total. The fourth-order valence-corrected chi connectivity index (χ4v) is 1.37. The maximum Gasteiger partial charge on any atom is 0.138 e. The first-order chi connectivity index (χ1) is 6.69. The van der Waals surface area contributed by atoms with E-state index in [0.717, 1.165) is 5.56 Å². The van der Waals surface area contributed by atoms with E-state index in [1.807, 2.05) is 26.0 Å². The number of benzene rings is 1. The molecule has 78 valence electrons. The fourth-order valence-electron chi connectivity index (χ4n) is 1.20. The summed E-state index contributed by atoms with van der Waals surface area (Å²) in [5.41, 5.74) is 1.04. The van der Waals surface area contributed by atoms with Gasteiger partial charge in [-0.3, -0.25) is 0 Å². The molecule has 0 radical (unpaired) electrons. The minimum atomic E-state index is 0.117. The molecule has 1 aromatic carbocycles. The van der Waals surface area contributed by atoms with Crippen LogP contribution >= 0.6 is 11.6 Å². The van der Waals surface area contributed by atoms with Gasteiger partial charge in [-0.05, 0) is 24.6 Å². The average molecular weight is 215 g/mol. The first-order valence-electron chi connectivity index (χ1n) is 4.72. The van der Waals surface area contributed by atoms with Crippen molar-refractivity contribution in [1.29, 1.82) is 0 Å². The van der Waals surface area contributed by atoms with Crippen LogP contribution in [0.5, 0.6) is 5.75 Å². The predicted octanol–water partition coefficient (Wildman–Crippen LogP) is 2.83. The second-order valence-electron chi connectivity index (χ2n) is 3.21. The van der Waals surface area contributed by atoms with E-state index in [9.17, 15) is 0 Å². The average Bonchev–Trinajstić information content (AvgIpc) is 2.20. The van der Waals surface area contributed by atoms with Gasteiger partial charge in [-0.1, -0.05) is 24.6 Å². The highest BCUT2D eigenvalue weighted by Gasteiger charge is 2.07. The molecule has 1 N–H and O–H groups in total. The SMILES string of the molecule is CCOc1cc(C(C)CO)ccc1Cl. The molecular weight excluding hydrogens is 200 g/mol. The van der Waals surface area contributed by atoms with Gasteiger partial charge in [0.1, 0.15) is 5.75 Å². The minimum Gasteiger partial charge on any atom is -0.492 e. The van der Waals surface area contributed by atoms with Crippen molar-refractivity contribution >= 4 is 11.6 Å². The first kappa shape index (κ1) is 11.3. The lowest BCUT2D eigenvalue weighted by Gasteiger charge is -2.11. The number of aliphatic hydroxyl groups is 1. The summed E-state index contributed by atoms with van der Waals surface area (Å²) in [6.45, 7) is 4.60. The zero-order valence-corrected chi connectivity index (χ0v) is 9.21. The highest BCUT2D eigenvalue weighted by molar-refractivity contribution is 6.32. The molecule has 0 spiro atoms. The van der Waals surface area contributed by atoms with Gasteiger partial charge in [0.2, 0.25) is 0 Å². The van der Waals surface area contributed by atoms with Gasteiger partial charge in [0.05, 0.1) is 11.6 Å². The molecule has 14 heavy (non-hydrogen) atoms. The summed E-state index contributed by atoms with van der Waals surface area (Å²) in [6, 6.07) is 5.59. The number of rotatable bonds is 4. The smallest absolute Gasteiger partial charge is 0.138 e. The van der Waals surface area contributed by atoms with Crippen molar-refractivity contribution in [3.05, 3.63) is 28.8 Å². The van der Waals surface area contributed by atoms with Crippen LogP contribution < -0.4 is 4.74 Å². The Morgan fingerprint density at radius 1 is 1.50 bits per heavy atom. The van der Waals surface area contributed by atoms with E-state index in [2.05, 4.69) is 0 Å². The summed E-state index contributed by atoms with van der Waals surface area (Å²) in [5.74, 6) is 0.804. The van der Waals surface area contributed by atoms with Crippen LogP contribution in [0.1, 0.15) is 25.3 Å². The lowest BCUT2D eigenvalue weighted by atomic mass is 10.0. The molecule has 0 aliphatic rings. The molecule has 0 heterocycles.